The first-order valence-electron chi connectivity index (χ1n) is 4.01. The third-order valence-corrected chi connectivity index (χ3v) is 1.96. The number of aromatic nitrogens is 1. The molecule has 0 amide bonds. The van der Waals surface area contributed by atoms with Crippen LogP contribution in [-0.4, -0.2) is 17.3 Å². The van der Waals surface area contributed by atoms with Crippen LogP contribution in [0.15, 0.2) is 12.3 Å². The highest BCUT2D eigenvalue weighted by Crippen LogP contribution is 2.19. The van der Waals surface area contributed by atoms with Crippen LogP contribution in [0.4, 0.5) is 5.69 Å². The molecule has 0 fully saturated rings. The lowest BCUT2D eigenvalue weighted by Gasteiger charge is -2.15. The Morgan fingerprint density at radius 2 is 2.42 bits per heavy atom. The van der Waals surface area contributed by atoms with Gasteiger partial charge in [-0.3, -0.25) is 9.78 Å². The number of carbonyl (C=O) groups excluding carboxylic acids is 1. The van der Waals surface area contributed by atoms with E-state index in [1.165, 1.54) is 0 Å². The van der Waals surface area contributed by atoms with Gasteiger partial charge in [-0.1, -0.05) is 0 Å². The van der Waals surface area contributed by atoms with Gasteiger partial charge in [0.15, 0.2) is 5.78 Å². The van der Waals surface area contributed by atoms with Crippen molar-refractivity contribution >= 4 is 11.5 Å². The monoisotopic (exact) mass is 162 g/mol. The molecule has 1 aliphatic rings. The minimum atomic E-state index is 0.142. The molecule has 0 saturated carbocycles. The second-order valence-corrected chi connectivity index (χ2v) is 3.01. The summed E-state index contributed by atoms with van der Waals surface area (Å²) in [5.74, 6) is 0.142. The van der Waals surface area contributed by atoms with Crippen molar-refractivity contribution in [3.8, 4) is 0 Å². The Balaban J connectivity index is 2.53. The highest BCUT2D eigenvalue weighted by molar-refractivity contribution is 6.01. The van der Waals surface area contributed by atoms with Gasteiger partial charge in [0.2, 0.25) is 0 Å². The van der Waals surface area contributed by atoms with Crippen molar-refractivity contribution in [2.24, 2.45) is 0 Å². The highest BCUT2D eigenvalue weighted by atomic mass is 16.1. The number of anilines is 1. The van der Waals surface area contributed by atoms with E-state index < -0.39 is 0 Å². The zero-order valence-electron chi connectivity index (χ0n) is 6.92. The van der Waals surface area contributed by atoms with Gasteiger partial charge in [-0.2, -0.15) is 0 Å². The molecule has 0 radical (unpaired) electrons. The molecule has 0 unspecified atom stereocenters. The van der Waals surface area contributed by atoms with Crippen LogP contribution in [-0.2, 0) is 0 Å². The van der Waals surface area contributed by atoms with Gasteiger partial charge in [0.1, 0.15) is 5.69 Å². The fourth-order valence-electron chi connectivity index (χ4n) is 1.36. The summed E-state index contributed by atoms with van der Waals surface area (Å²) >= 11 is 0. The summed E-state index contributed by atoms with van der Waals surface area (Å²) in [7, 11) is 0. The Hall–Kier alpha value is -1.38. The van der Waals surface area contributed by atoms with Crippen LogP contribution in [0.25, 0.3) is 0 Å². The van der Waals surface area contributed by atoms with E-state index in [4.69, 9.17) is 0 Å². The molecule has 0 atom stereocenters. The number of aryl methyl sites for hydroxylation is 1. The molecule has 1 aromatic rings. The van der Waals surface area contributed by atoms with E-state index in [0.717, 1.165) is 17.8 Å². The number of Topliss-reactive ketones (excluding diaryl/α,β-unsaturated/α-hetero) is 1. The second kappa shape index (κ2) is 2.59. The summed E-state index contributed by atoms with van der Waals surface area (Å²) in [6.45, 7) is 2.70. The maximum absolute atomic E-state index is 11.3. The Morgan fingerprint density at radius 1 is 1.58 bits per heavy atom. The van der Waals surface area contributed by atoms with Crippen molar-refractivity contribution < 1.29 is 4.79 Å². The maximum Gasteiger partial charge on any atom is 0.185 e. The molecule has 62 valence electrons. The lowest BCUT2D eigenvalue weighted by atomic mass is 10.1. The van der Waals surface area contributed by atoms with E-state index in [0.29, 0.717) is 12.1 Å². The first-order chi connectivity index (χ1) is 5.77. The molecular formula is C9H10N2O. The number of pyridine rings is 1. The van der Waals surface area contributed by atoms with Crippen LogP contribution < -0.4 is 5.32 Å². The molecule has 1 N–H and O–H groups in total. The number of nitrogens with one attached hydrogen (secondary N) is 1. The van der Waals surface area contributed by atoms with E-state index in [2.05, 4.69) is 10.3 Å². The van der Waals surface area contributed by atoms with Gasteiger partial charge in [-0.15, -0.1) is 0 Å². The molecule has 1 aliphatic heterocycles. The second-order valence-electron chi connectivity index (χ2n) is 3.01. The summed E-state index contributed by atoms with van der Waals surface area (Å²) in [6.07, 6.45) is 2.28. The van der Waals surface area contributed by atoms with E-state index in [1.807, 2.05) is 13.0 Å². The Kier molecular flexibility index (Phi) is 1.57. The fourth-order valence-corrected chi connectivity index (χ4v) is 1.36. The van der Waals surface area contributed by atoms with Crippen molar-refractivity contribution in [3.05, 3.63) is 23.5 Å². The molecule has 0 saturated heterocycles. The van der Waals surface area contributed by atoms with Gasteiger partial charge >= 0.3 is 0 Å². The van der Waals surface area contributed by atoms with Gasteiger partial charge in [-0.25, -0.2) is 0 Å². The maximum atomic E-state index is 11.3. The van der Waals surface area contributed by atoms with Gasteiger partial charge < -0.3 is 5.32 Å². The van der Waals surface area contributed by atoms with Crippen LogP contribution in [0, 0.1) is 6.92 Å². The zero-order chi connectivity index (χ0) is 8.55. The first kappa shape index (κ1) is 7.28. The van der Waals surface area contributed by atoms with E-state index in [1.54, 1.807) is 6.20 Å². The Bertz CT molecular complexity index is 333. The Morgan fingerprint density at radius 3 is 3.25 bits per heavy atom. The highest BCUT2D eigenvalue weighted by Gasteiger charge is 2.17. The van der Waals surface area contributed by atoms with Gasteiger partial charge in [0.25, 0.3) is 0 Å². The number of ketones is 1. The van der Waals surface area contributed by atoms with E-state index in [9.17, 15) is 4.79 Å². The number of fused-ring (bicyclic) bond motifs is 1. The summed E-state index contributed by atoms with van der Waals surface area (Å²) in [5.41, 5.74) is 2.55. The van der Waals surface area contributed by atoms with Crippen molar-refractivity contribution in [1.29, 1.82) is 0 Å². The molecule has 2 heterocycles. The summed E-state index contributed by atoms with van der Waals surface area (Å²) < 4.78 is 0. The molecule has 0 spiro atoms. The Labute approximate surface area is 70.8 Å². The number of rotatable bonds is 0. The first-order valence-corrected chi connectivity index (χ1v) is 4.01. The number of hydrogen-bond acceptors (Lipinski definition) is 3. The van der Waals surface area contributed by atoms with Crippen molar-refractivity contribution in [2.45, 2.75) is 13.3 Å². The van der Waals surface area contributed by atoms with Gasteiger partial charge in [-0.05, 0) is 18.6 Å². The average molecular weight is 162 g/mol. The SMILES string of the molecule is Cc1cnc2c(c1)NCCC2=O. The van der Waals surface area contributed by atoms with E-state index >= 15 is 0 Å². The lowest BCUT2D eigenvalue weighted by molar-refractivity contribution is 0.0979. The molecule has 0 aliphatic carbocycles. The van der Waals surface area contributed by atoms with Crippen LogP contribution in [0.1, 0.15) is 22.5 Å². The molecule has 12 heavy (non-hydrogen) atoms. The smallest absolute Gasteiger partial charge is 0.185 e. The normalized spacial score (nSPS) is 15.2. The lowest BCUT2D eigenvalue weighted by Crippen LogP contribution is -2.19. The van der Waals surface area contributed by atoms with Crippen LogP contribution in [0.2, 0.25) is 0 Å². The minimum absolute atomic E-state index is 0.142. The number of nitrogens with zero attached hydrogens (tertiary/aromatic N) is 1. The molecule has 0 aromatic carbocycles. The standard InChI is InChI=1S/C9H10N2O/c1-6-4-7-9(11-5-6)8(12)2-3-10-7/h4-5,10H,2-3H2,1H3. The van der Waals surface area contributed by atoms with Crippen molar-refractivity contribution in [3.63, 3.8) is 0 Å². The van der Waals surface area contributed by atoms with Crippen LogP contribution in [0.5, 0.6) is 0 Å². The zero-order valence-corrected chi connectivity index (χ0v) is 6.92. The molecule has 0 bridgehead atoms. The van der Waals surface area contributed by atoms with Crippen LogP contribution in [0.3, 0.4) is 0 Å². The topological polar surface area (TPSA) is 42.0 Å². The predicted octanol–water partition coefficient (Wildman–Crippen LogP) is 1.39. The predicted molar refractivity (Wildman–Crippen MR) is 46.4 cm³/mol. The van der Waals surface area contributed by atoms with Crippen LogP contribution >= 0.6 is 0 Å². The summed E-state index contributed by atoms with van der Waals surface area (Å²) in [6, 6.07) is 1.96. The average Bonchev–Trinajstić information content (AvgIpc) is 2.04. The fraction of sp³-hybridized carbons (Fsp3) is 0.333. The van der Waals surface area contributed by atoms with E-state index in [-0.39, 0.29) is 5.78 Å². The van der Waals surface area contributed by atoms with Crippen molar-refractivity contribution in [2.75, 3.05) is 11.9 Å². The van der Waals surface area contributed by atoms with Crippen molar-refractivity contribution in [1.82, 2.24) is 4.98 Å². The summed E-state index contributed by atoms with van der Waals surface area (Å²) in [4.78, 5) is 15.4. The van der Waals surface area contributed by atoms with Gasteiger partial charge in [0, 0.05) is 19.2 Å². The minimum Gasteiger partial charge on any atom is -0.383 e. The van der Waals surface area contributed by atoms with Gasteiger partial charge in [0.05, 0.1) is 5.69 Å². The largest absolute Gasteiger partial charge is 0.383 e. The quantitative estimate of drug-likeness (QED) is 0.626. The molecule has 2 rings (SSSR count). The molecular weight excluding hydrogens is 152 g/mol. The molecule has 3 nitrogen and oxygen atoms in total. The molecule has 3 heteroatoms. The third kappa shape index (κ3) is 1.07. The summed E-state index contributed by atoms with van der Waals surface area (Å²) in [5, 5.41) is 3.15. The number of carbonyl (C=O) groups is 1. The third-order valence-electron chi connectivity index (χ3n) is 1.96. The number of hydrogen-bond donors (Lipinski definition) is 1. The molecule has 1 aromatic heterocycles.